The van der Waals surface area contributed by atoms with Gasteiger partial charge in [-0.1, -0.05) is 6.07 Å². The van der Waals surface area contributed by atoms with Crippen molar-refractivity contribution in [1.82, 2.24) is 4.98 Å². The average molecular weight is 402 g/mol. The molecule has 0 saturated carbocycles. The van der Waals surface area contributed by atoms with Crippen LogP contribution in [0.15, 0.2) is 65.8 Å². The van der Waals surface area contributed by atoms with E-state index in [1.807, 2.05) is 18.2 Å². The van der Waals surface area contributed by atoms with Gasteiger partial charge >= 0.3 is 5.97 Å². The highest BCUT2D eigenvalue weighted by Crippen LogP contribution is 2.31. The van der Waals surface area contributed by atoms with E-state index in [4.69, 9.17) is 4.74 Å². The summed E-state index contributed by atoms with van der Waals surface area (Å²) < 4.78 is 36.8. The Labute approximate surface area is 161 Å². The van der Waals surface area contributed by atoms with Crippen LogP contribution in [0.5, 0.6) is 5.75 Å². The first kappa shape index (κ1) is 21.0. The summed E-state index contributed by atoms with van der Waals surface area (Å²) in [4.78, 5) is 25.6. The molecule has 0 bridgehead atoms. The molecule has 3 rings (SSSR count). The largest absolute Gasteiger partial charge is 0.426 e. The number of amides is 1. The van der Waals surface area contributed by atoms with Gasteiger partial charge < -0.3 is 10.1 Å². The average Bonchev–Trinajstić information content (AvgIpc) is 2.61. The second-order valence-corrected chi connectivity index (χ2v) is 7.05. The summed E-state index contributed by atoms with van der Waals surface area (Å²) in [6, 6.07) is 12.7. The zero-order chi connectivity index (χ0) is 20.7. The number of benzene rings is 2. The highest BCUT2D eigenvalue weighted by Gasteiger charge is 2.16. The van der Waals surface area contributed by atoms with Gasteiger partial charge in [-0.25, -0.2) is 0 Å². The highest BCUT2D eigenvalue weighted by atomic mass is 32.2. The third-order valence-corrected chi connectivity index (χ3v) is 4.16. The Morgan fingerprint density at radius 2 is 1.71 bits per heavy atom. The number of nitrogens with zero attached hydrogens (tertiary/aromatic N) is 1. The van der Waals surface area contributed by atoms with Crippen LogP contribution in [0.4, 0.5) is 5.69 Å². The summed E-state index contributed by atoms with van der Waals surface area (Å²) in [5, 5.41) is 3.41. The van der Waals surface area contributed by atoms with Gasteiger partial charge in [0.25, 0.3) is 10.1 Å². The summed E-state index contributed by atoms with van der Waals surface area (Å²) in [5.74, 6) is -0.905. The molecule has 1 aromatic heterocycles. The van der Waals surface area contributed by atoms with Crippen LogP contribution in [-0.4, -0.2) is 29.8 Å². The van der Waals surface area contributed by atoms with Crippen molar-refractivity contribution < 1.29 is 27.3 Å². The minimum atomic E-state index is -4.47. The van der Waals surface area contributed by atoms with Gasteiger partial charge in [0, 0.05) is 43.4 Å². The quantitative estimate of drug-likeness (QED) is 0.392. The lowest BCUT2D eigenvalue weighted by Gasteiger charge is -2.10. The summed E-state index contributed by atoms with van der Waals surface area (Å²) in [5.41, 5.74) is 0.446. The Kier molecular flexibility index (Phi) is 6.80. The van der Waals surface area contributed by atoms with Gasteiger partial charge in [-0.3, -0.25) is 19.1 Å². The van der Waals surface area contributed by atoms with E-state index in [-0.39, 0.29) is 11.7 Å². The first-order valence-electron chi connectivity index (χ1n) is 8.03. The second kappa shape index (κ2) is 9.07. The lowest BCUT2D eigenvalue weighted by molar-refractivity contribution is -0.131. The number of nitrogens with one attached hydrogen (secondary N) is 1. The van der Waals surface area contributed by atoms with E-state index in [2.05, 4.69) is 10.3 Å². The van der Waals surface area contributed by atoms with E-state index in [9.17, 15) is 22.6 Å². The minimum Gasteiger partial charge on any atom is -0.426 e. The fourth-order valence-corrected chi connectivity index (χ4v) is 2.82. The summed E-state index contributed by atoms with van der Waals surface area (Å²) >= 11 is 0. The van der Waals surface area contributed by atoms with Gasteiger partial charge in [-0.2, -0.15) is 8.42 Å². The summed E-state index contributed by atoms with van der Waals surface area (Å²) in [7, 11) is -4.47. The van der Waals surface area contributed by atoms with Crippen molar-refractivity contribution in [3.63, 3.8) is 0 Å². The maximum Gasteiger partial charge on any atom is 0.308 e. The highest BCUT2D eigenvalue weighted by molar-refractivity contribution is 7.85. The van der Waals surface area contributed by atoms with Crippen LogP contribution in [0.1, 0.15) is 13.8 Å². The van der Waals surface area contributed by atoms with Crippen molar-refractivity contribution in [3.05, 3.63) is 60.9 Å². The molecule has 0 atom stereocenters. The first-order chi connectivity index (χ1) is 13.2. The third kappa shape index (κ3) is 6.15. The smallest absolute Gasteiger partial charge is 0.308 e. The van der Waals surface area contributed by atoms with Crippen molar-refractivity contribution >= 4 is 38.5 Å². The van der Waals surface area contributed by atoms with Gasteiger partial charge in [-0.15, -0.1) is 0 Å². The zero-order valence-electron chi connectivity index (χ0n) is 15.1. The first-order valence-corrected chi connectivity index (χ1v) is 9.47. The maximum absolute atomic E-state index is 11.3. The molecule has 2 N–H and O–H groups in total. The van der Waals surface area contributed by atoms with Crippen LogP contribution in [0.3, 0.4) is 0 Å². The molecule has 0 fully saturated rings. The number of hydrogen-bond acceptors (Lipinski definition) is 6. The Morgan fingerprint density at radius 1 is 1.04 bits per heavy atom. The minimum absolute atomic E-state index is 0.00648. The van der Waals surface area contributed by atoms with E-state index in [0.717, 1.165) is 6.07 Å². The fourth-order valence-electron chi connectivity index (χ4n) is 2.29. The molecule has 1 amide bonds. The van der Waals surface area contributed by atoms with Gasteiger partial charge in [0.1, 0.15) is 5.75 Å². The molecule has 1 heterocycles. The lowest BCUT2D eigenvalue weighted by Crippen LogP contribution is -2.06. The normalized spacial score (nSPS) is 10.5. The number of ether oxygens (including phenoxy) is 1. The van der Waals surface area contributed by atoms with Gasteiger partial charge in [-0.05, 0) is 41.8 Å². The van der Waals surface area contributed by atoms with Crippen molar-refractivity contribution in [2.75, 3.05) is 5.32 Å². The number of pyridine rings is 1. The molecule has 146 valence electrons. The molecule has 0 radical (unpaired) electrons. The van der Waals surface area contributed by atoms with Crippen molar-refractivity contribution in [2.24, 2.45) is 0 Å². The number of carbonyl (C=O) groups is 2. The van der Waals surface area contributed by atoms with E-state index in [0.29, 0.717) is 16.5 Å². The summed E-state index contributed by atoms with van der Waals surface area (Å²) in [6.07, 6.45) is 3.50. The number of esters is 1. The Bertz CT molecular complexity index is 1070. The predicted octanol–water partition coefficient (Wildman–Crippen LogP) is 3.05. The van der Waals surface area contributed by atoms with Crippen LogP contribution < -0.4 is 10.1 Å². The molecule has 3 aromatic rings. The molecular weight excluding hydrogens is 384 g/mol. The van der Waals surface area contributed by atoms with Crippen molar-refractivity contribution in [3.8, 4) is 5.75 Å². The van der Waals surface area contributed by atoms with E-state index in [1.54, 1.807) is 24.5 Å². The molecule has 2 aromatic carbocycles. The molecule has 0 aliphatic rings. The molecule has 0 aliphatic heterocycles. The van der Waals surface area contributed by atoms with Crippen LogP contribution in [-0.2, 0) is 19.7 Å². The van der Waals surface area contributed by atoms with Crippen LogP contribution >= 0.6 is 0 Å². The second-order valence-electron chi connectivity index (χ2n) is 5.63. The van der Waals surface area contributed by atoms with Gasteiger partial charge in [0.05, 0.1) is 4.90 Å². The molecule has 0 saturated heterocycles. The van der Waals surface area contributed by atoms with Crippen molar-refractivity contribution in [2.45, 2.75) is 18.7 Å². The molecule has 0 aliphatic carbocycles. The molecule has 0 unspecified atom stereocenters. The van der Waals surface area contributed by atoms with Crippen molar-refractivity contribution in [1.29, 1.82) is 0 Å². The Hall–Kier alpha value is -3.30. The molecule has 28 heavy (non-hydrogen) atoms. The third-order valence-electron chi connectivity index (χ3n) is 3.33. The number of rotatable bonds is 3. The monoisotopic (exact) mass is 402 g/mol. The molecular formula is C19H18N2O6S. The predicted molar refractivity (Wildman–Crippen MR) is 104 cm³/mol. The van der Waals surface area contributed by atoms with E-state index < -0.39 is 21.0 Å². The number of fused-ring (bicyclic) bond motifs is 1. The van der Waals surface area contributed by atoms with Gasteiger partial charge in [0.2, 0.25) is 5.91 Å². The molecule has 8 nitrogen and oxygen atoms in total. The summed E-state index contributed by atoms with van der Waals surface area (Å²) in [6.45, 7) is 2.51. The number of carbonyl (C=O) groups excluding carboxylic acids is 2. The number of hydrogen-bond donors (Lipinski definition) is 2. The number of anilines is 1. The van der Waals surface area contributed by atoms with Crippen LogP contribution in [0.25, 0.3) is 10.8 Å². The SMILES string of the molecule is CC(=O)Nc1ccc2c(OC(C)=O)cc(S(=O)(=O)O)cc2c1.c1ccncc1. The topological polar surface area (TPSA) is 123 Å². The fraction of sp³-hybridized carbons (Fsp3) is 0.105. The zero-order valence-corrected chi connectivity index (χ0v) is 15.9. The molecule has 0 spiro atoms. The van der Waals surface area contributed by atoms with Gasteiger partial charge in [0.15, 0.2) is 0 Å². The maximum atomic E-state index is 11.3. The van der Waals surface area contributed by atoms with E-state index in [1.165, 1.54) is 26.0 Å². The van der Waals surface area contributed by atoms with Crippen LogP contribution in [0.2, 0.25) is 0 Å². The lowest BCUT2D eigenvalue weighted by atomic mass is 10.1. The number of aromatic nitrogens is 1. The Morgan fingerprint density at radius 3 is 2.18 bits per heavy atom. The molecule has 9 heteroatoms. The van der Waals surface area contributed by atoms with E-state index >= 15 is 0 Å². The Balaban J connectivity index is 0.000000397. The standard InChI is InChI=1S/C14H13NO6S.C5H5N/c1-8(16)15-11-3-4-13-10(5-11)6-12(22(18,19)20)7-14(13)21-9(2)17;1-2-4-6-5-3-1/h3-7H,1-2H3,(H,15,16)(H,18,19,20);1-5H. The van der Waals surface area contributed by atoms with Crippen LogP contribution in [0, 0.1) is 0 Å².